The van der Waals surface area contributed by atoms with Gasteiger partial charge < -0.3 is 9.73 Å². The van der Waals surface area contributed by atoms with E-state index >= 15 is 0 Å². The van der Waals surface area contributed by atoms with Crippen LogP contribution < -0.4 is 5.32 Å². The quantitative estimate of drug-likeness (QED) is 0.615. The third kappa shape index (κ3) is 4.38. The molecule has 1 aromatic carbocycles. The zero-order chi connectivity index (χ0) is 18.7. The number of hydrogen-bond acceptors (Lipinski definition) is 5. The largest absolute Gasteiger partial charge is 0.461 e. The molecule has 0 bridgehead atoms. The number of aromatic nitrogens is 3. The number of halogens is 4. The summed E-state index contributed by atoms with van der Waals surface area (Å²) in [5.74, 6) is 0.242. The Labute approximate surface area is 154 Å². The SMILES string of the molecule is O=C(CSc1n[nH]c(-c2ccco2)n1)Nc1cc(C(F)(F)F)ccc1Cl. The molecule has 0 atom stereocenters. The van der Waals surface area contributed by atoms with Crippen molar-refractivity contribution in [2.24, 2.45) is 0 Å². The molecule has 2 aromatic heterocycles. The summed E-state index contributed by atoms with van der Waals surface area (Å²) < 4.78 is 43.4. The third-order valence-corrected chi connectivity index (χ3v) is 4.30. The predicted octanol–water partition coefficient (Wildman–Crippen LogP) is 4.47. The molecule has 2 N–H and O–H groups in total. The highest BCUT2D eigenvalue weighted by atomic mass is 35.5. The fourth-order valence-electron chi connectivity index (χ4n) is 1.95. The van der Waals surface area contributed by atoms with Crippen molar-refractivity contribution in [3.05, 3.63) is 47.2 Å². The van der Waals surface area contributed by atoms with Gasteiger partial charge in [0, 0.05) is 0 Å². The summed E-state index contributed by atoms with van der Waals surface area (Å²) in [6.07, 6.45) is -3.04. The van der Waals surface area contributed by atoms with Crippen molar-refractivity contribution in [3.8, 4) is 11.6 Å². The van der Waals surface area contributed by atoms with Crippen LogP contribution in [0.4, 0.5) is 18.9 Å². The Morgan fingerprint density at radius 2 is 2.15 bits per heavy atom. The zero-order valence-electron chi connectivity index (χ0n) is 12.8. The summed E-state index contributed by atoms with van der Waals surface area (Å²) >= 11 is 6.85. The van der Waals surface area contributed by atoms with Crippen LogP contribution in [0.1, 0.15) is 5.56 Å². The second kappa shape index (κ2) is 7.42. The Morgan fingerprint density at radius 3 is 2.85 bits per heavy atom. The van der Waals surface area contributed by atoms with Crippen LogP contribution in [-0.4, -0.2) is 26.8 Å². The first-order chi connectivity index (χ1) is 12.3. The van der Waals surface area contributed by atoms with Crippen LogP contribution >= 0.6 is 23.4 Å². The molecule has 26 heavy (non-hydrogen) atoms. The monoisotopic (exact) mass is 402 g/mol. The Balaban J connectivity index is 1.61. The second-order valence-electron chi connectivity index (χ2n) is 4.97. The normalized spacial score (nSPS) is 11.5. The Hall–Kier alpha value is -2.46. The summed E-state index contributed by atoms with van der Waals surface area (Å²) in [5.41, 5.74) is -1.01. The Bertz CT molecular complexity index is 912. The Morgan fingerprint density at radius 1 is 1.35 bits per heavy atom. The number of anilines is 1. The minimum atomic E-state index is -4.53. The summed E-state index contributed by atoms with van der Waals surface area (Å²) in [4.78, 5) is 16.1. The van der Waals surface area contributed by atoms with Gasteiger partial charge in [-0.25, -0.2) is 0 Å². The summed E-state index contributed by atoms with van der Waals surface area (Å²) in [6, 6.07) is 6.09. The highest BCUT2D eigenvalue weighted by Gasteiger charge is 2.31. The van der Waals surface area contributed by atoms with Gasteiger partial charge in [0.05, 0.1) is 28.3 Å². The lowest BCUT2D eigenvalue weighted by Crippen LogP contribution is -2.15. The van der Waals surface area contributed by atoms with Gasteiger partial charge in [0.2, 0.25) is 11.1 Å². The van der Waals surface area contributed by atoms with E-state index in [1.165, 1.54) is 6.26 Å². The van der Waals surface area contributed by atoms with Gasteiger partial charge in [-0.15, -0.1) is 5.10 Å². The number of alkyl halides is 3. The average Bonchev–Trinajstić information content (AvgIpc) is 3.25. The molecule has 0 saturated heterocycles. The maximum Gasteiger partial charge on any atom is 0.416 e. The molecule has 1 amide bonds. The van der Waals surface area contributed by atoms with Crippen LogP contribution in [0.3, 0.4) is 0 Å². The van der Waals surface area contributed by atoms with Gasteiger partial charge in [0.25, 0.3) is 0 Å². The lowest BCUT2D eigenvalue weighted by Gasteiger charge is -2.11. The molecule has 0 aliphatic heterocycles. The van der Waals surface area contributed by atoms with Crippen molar-refractivity contribution in [1.82, 2.24) is 15.2 Å². The number of nitrogens with one attached hydrogen (secondary N) is 2. The number of rotatable bonds is 5. The van der Waals surface area contributed by atoms with E-state index in [0.29, 0.717) is 16.7 Å². The molecule has 3 rings (SSSR count). The third-order valence-electron chi connectivity index (χ3n) is 3.12. The van der Waals surface area contributed by atoms with Crippen LogP contribution in [0.25, 0.3) is 11.6 Å². The fraction of sp³-hybridized carbons (Fsp3) is 0.133. The highest BCUT2D eigenvalue weighted by Crippen LogP contribution is 2.34. The number of carbonyl (C=O) groups excluding carboxylic acids is 1. The molecule has 6 nitrogen and oxygen atoms in total. The highest BCUT2D eigenvalue weighted by molar-refractivity contribution is 7.99. The van der Waals surface area contributed by atoms with E-state index in [-0.39, 0.29) is 16.5 Å². The summed E-state index contributed by atoms with van der Waals surface area (Å²) in [6.45, 7) is 0. The first-order valence-corrected chi connectivity index (χ1v) is 8.45. The van der Waals surface area contributed by atoms with Gasteiger partial charge in [-0.2, -0.15) is 18.2 Å². The maximum atomic E-state index is 12.7. The number of aromatic amines is 1. The topological polar surface area (TPSA) is 83.8 Å². The van der Waals surface area contributed by atoms with Crippen molar-refractivity contribution >= 4 is 35.0 Å². The number of thioether (sulfide) groups is 1. The standard InChI is InChI=1S/C15H10ClF3N4O2S/c16-9-4-3-8(15(17,18)19)6-10(9)20-12(24)7-26-14-21-13(22-23-14)11-2-1-5-25-11/h1-6H,7H2,(H,20,24)(H,21,22,23). The van der Waals surface area contributed by atoms with Gasteiger partial charge in [-0.3, -0.25) is 9.89 Å². The van der Waals surface area contributed by atoms with Crippen LogP contribution in [0.5, 0.6) is 0 Å². The molecule has 0 radical (unpaired) electrons. The van der Waals surface area contributed by atoms with Gasteiger partial charge in [-0.05, 0) is 30.3 Å². The van der Waals surface area contributed by atoms with Crippen molar-refractivity contribution in [1.29, 1.82) is 0 Å². The van der Waals surface area contributed by atoms with E-state index in [4.69, 9.17) is 16.0 Å². The Kier molecular flexibility index (Phi) is 5.23. The van der Waals surface area contributed by atoms with Crippen molar-refractivity contribution in [3.63, 3.8) is 0 Å². The fourth-order valence-corrected chi connectivity index (χ4v) is 2.71. The van der Waals surface area contributed by atoms with Crippen molar-refractivity contribution < 1.29 is 22.4 Å². The van der Waals surface area contributed by atoms with Gasteiger partial charge in [0.15, 0.2) is 11.6 Å². The first kappa shape index (κ1) is 18.3. The number of hydrogen-bond donors (Lipinski definition) is 2. The molecule has 136 valence electrons. The molecule has 0 fully saturated rings. The van der Waals surface area contributed by atoms with Crippen LogP contribution in [0, 0.1) is 0 Å². The van der Waals surface area contributed by atoms with Crippen LogP contribution in [0.2, 0.25) is 5.02 Å². The van der Waals surface area contributed by atoms with E-state index in [1.807, 2.05) is 0 Å². The average molecular weight is 403 g/mol. The van der Waals surface area contributed by atoms with E-state index in [1.54, 1.807) is 12.1 Å². The van der Waals surface area contributed by atoms with E-state index in [0.717, 1.165) is 30.0 Å². The zero-order valence-corrected chi connectivity index (χ0v) is 14.4. The minimum Gasteiger partial charge on any atom is -0.461 e. The number of carbonyl (C=O) groups is 1. The molecular formula is C15H10ClF3N4O2S. The first-order valence-electron chi connectivity index (χ1n) is 7.08. The molecule has 0 aliphatic carbocycles. The number of nitrogens with zero attached hydrogens (tertiary/aromatic N) is 2. The van der Waals surface area contributed by atoms with Crippen molar-refractivity contribution in [2.75, 3.05) is 11.1 Å². The maximum absolute atomic E-state index is 12.7. The lowest BCUT2D eigenvalue weighted by atomic mass is 10.2. The molecule has 0 aliphatic rings. The molecular weight excluding hydrogens is 393 g/mol. The van der Waals surface area contributed by atoms with Crippen LogP contribution in [0.15, 0.2) is 46.2 Å². The lowest BCUT2D eigenvalue weighted by molar-refractivity contribution is -0.137. The molecule has 0 unspecified atom stereocenters. The van der Waals surface area contributed by atoms with Gasteiger partial charge in [0.1, 0.15) is 0 Å². The van der Waals surface area contributed by atoms with Crippen molar-refractivity contribution in [2.45, 2.75) is 11.3 Å². The van der Waals surface area contributed by atoms with E-state index in [9.17, 15) is 18.0 Å². The van der Waals surface area contributed by atoms with E-state index in [2.05, 4.69) is 20.5 Å². The van der Waals surface area contributed by atoms with Gasteiger partial charge >= 0.3 is 6.18 Å². The van der Waals surface area contributed by atoms with Crippen LogP contribution in [-0.2, 0) is 11.0 Å². The molecule has 0 saturated carbocycles. The molecule has 2 heterocycles. The minimum absolute atomic E-state index is 0.00866. The van der Waals surface area contributed by atoms with Gasteiger partial charge in [-0.1, -0.05) is 23.4 Å². The summed E-state index contributed by atoms with van der Waals surface area (Å²) in [5, 5.41) is 9.24. The molecule has 3 aromatic rings. The molecule has 11 heteroatoms. The number of H-pyrrole nitrogens is 1. The second-order valence-corrected chi connectivity index (χ2v) is 6.32. The predicted molar refractivity (Wildman–Crippen MR) is 89.9 cm³/mol. The summed E-state index contributed by atoms with van der Waals surface area (Å²) in [7, 11) is 0. The van der Waals surface area contributed by atoms with E-state index < -0.39 is 17.6 Å². The number of benzene rings is 1. The smallest absolute Gasteiger partial charge is 0.416 e. The number of amides is 1. The number of furan rings is 1. The molecule has 0 spiro atoms.